The Kier molecular flexibility index (Phi) is 6.17. The van der Waals surface area contributed by atoms with Gasteiger partial charge in [0.25, 0.3) is 0 Å². The van der Waals surface area contributed by atoms with E-state index >= 15 is 0 Å². The molecular weight excluding hydrogens is 326 g/mol. The molecule has 2 aliphatic rings. The summed E-state index contributed by atoms with van der Waals surface area (Å²) in [4.78, 5) is 28.8. The van der Waals surface area contributed by atoms with Crippen LogP contribution in [0.5, 0.6) is 0 Å². The Morgan fingerprint density at radius 1 is 1.00 bits per heavy atom. The van der Waals surface area contributed by atoms with Crippen molar-refractivity contribution in [2.45, 2.75) is 52.5 Å². The van der Waals surface area contributed by atoms with Crippen LogP contribution in [0.2, 0.25) is 0 Å². The van der Waals surface area contributed by atoms with Crippen LogP contribution in [0.1, 0.15) is 48.8 Å². The van der Waals surface area contributed by atoms with Crippen LogP contribution < -0.4 is 5.32 Å². The van der Waals surface area contributed by atoms with Crippen LogP contribution in [-0.4, -0.2) is 47.9 Å². The number of rotatable bonds is 3. The second-order valence-electron chi connectivity index (χ2n) is 7.74. The summed E-state index contributed by atoms with van der Waals surface area (Å²) in [6.07, 6.45) is 5.69. The smallest absolute Gasteiger partial charge is 0.317 e. The third kappa shape index (κ3) is 4.57. The zero-order valence-corrected chi connectivity index (χ0v) is 16.1. The highest BCUT2D eigenvalue weighted by Gasteiger charge is 2.29. The summed E-state index contributed by atoms with van der Waals surface area (Å²) in [5, 5.41) is 3.02. The van der Waals surface area contributed by atoms with E-state index < -0.39 is 0 Å². The molecule has 142 valence electrons. The molecule has 26 heavy (non-hydrogen) atoms. The van der Waals surface area contributed by atoms with E-state index in [2.05, 4.69) is 37.4 Å². The number of carbonyl (C=O) groups excluding carboxylic acids is 2. The first-order chi connectivity index (χ1) is 12.5. The molecule has 0 spiro atoms. The molecule has 3 amide bonds. The van der Waals surface area contributed by atoms with E-state index in [0.29, 0.717) is 38.6 Å². The van der Waals surface area contributed by atoms with E-state index in [0.717, 1.165) is 18.4 Å². The van der Waals surface area contributed by atoms with Crippen molar-refractivity contribution in [1.29, 1.82) is 0 Å². The summed E-state index contributed by atoms with van der Waals surface area (Å²) in [5.74, 6) is 0.522. The van der Waals surface area contributed by atoms with Gasteiger partial charge < -0.3 is 15.1 Å². The quantitative estimate of drug-likeness (QED) is 0.903. The summed E-state index contributed by atoms with van der Waals surface area (Å²) in [6, 6.07) is 6.25. The lowest BCUT2D eigenvalue weighted by atomic mass is 9.88. The highest BCUT2D eigenvalue weighted by atomic mass is 16.2. The number of carbonyl (C=O) groups is 2. The van der Waals surface area contributed by atoms with Gasteiger partial charge in [0.05, 0.1) is 0 Å². The first-order valence-corrected chi connectivity index (χ1v) is 9.92. The van der Waals surface area contributed by atoms with Gasteiger partial charge in [-0.2, -0.15) is 0 Å². The molecule has 5 nitrogen and oxygen atoms in total. The van der Waals surface area contributed by atoms with Gasteiger partial charge in [-0.05, 0) is 37.8 Å². The molecule has 1 aromatic rings. The minimum absolute atomic E-state index is 0.0326. The topological polar surface area (TPSA) is 52.7 Å². The summed E-state index contributed by atoms with van der Waals surface area (Å²) < 4.78 is 0. The van der Waals surface area contributed by atoms with Crippen LogP contribution in [0.4, 0.5) is 4.79 Å². The highest BCUT2D eigenvalue weighted by Crippen LogP contribution is 2.25. The Balaban J connectivity index is 1.45. The number of amides is 3. The second kappa shape index (κ2) is 8.56. The molecule has 0 bridgehead atoms. The van der Waals surface area contributed by atoms with Crippen LogP contribution in [0, 0.1) is 19.8 Å². The third-order valence-corrected chi connectivity index (χ3v) is 5.76. The number of urea groups is 1. The molecular formula is C21H31N3O2. The SMILES string of the molecule is Cc1ccc(CNC(=O)N2CCN(C(=O)C3CCCCC3)CC2)c(C)c1. The average Bonchev–Trinajstić information content (AvgIpc) is 2.67. The molecule has 1 saturated heterocycles. The second-order valence-corrected chi connectivity index (χ2v) is 7.74. The van der Waals surface area contributed by atoms with Gasteiger partial charge in [-0.1, -0.05) is 43.0 Å². The normalized spacial score (nSPS) is 18.7. The van der Waals surface area contributed by atoms with Gasteiger partial charge in [0.15, 0.2) is 0 Å². The molecule has 0 aromatic heterocycles. The van der Waals surface area contributed by atoms with Crippen molar-refractivity contribution in [2.75, 3.05) is 26.2 Å². The van der Waals surface area contributed by atoms with Gasteiger partial charge >= 0.3 is 6.03 Å². The lowest BCUT2D eigenvalue weighted by molar-refractivity contribution is -0.138. The standard InChI is InChI=1S/C21H31N3O2/c1-16-8-9-19(17(2)14-16)15-22-21(26)24-12-10-23(11-13-24)20(25)18-6-4-3-5-7-18/h8-9,14,18H,3-7,10-13,15H2,1-2H3,(H,22,26). The van der Waals surface area contributed by atoms with Crippen LogP contribution in [0.15, 0.2) is 18.2 Å². The van der Waals surface area contributed by atoms with Crippen molar-refractivity contribution in [3.8, 4) is 0 Å². The molecule has 1 aliphatic carbocycles. The molecule has 1 aliphatic heterocycles. The van der Waals surface area contributed by atoms with Crippen LogP contribution >= 0.6 is 0 Å². The summed E-state index contributed by atoms with van der Waals surface area (Å²) in [7, 11) is 0. The predicted molar refractivity (Wildman–Crippen MR) is 103 cm³/mol. The number of aryl methyl sites for hydroxylation is 2. The lowest BCUT2D eigenvalue weighted by Gasteiger charge is -2.37. The molecule has 5 heteroatoms. The maximum absolute atomic E-state index is 12.6. The van der Waals surface area contributed by atoms with Crippen molar-refractivity contribution in [2.24, 2.45) is 5.92 Å². The molecule has 0 radical (unpaired) electrons. The van der Waals surface area contributed by atoms with Gasteiger partial charge in [0.2, 0.25) is 5.91 Å². The Labute approximate surface area is 156 Å². The molecule has 0 unspecified atom stereocenters. The first kappa shape index (κ1) is 18.7. The minimum Gasteiger partial charge on any atom is -0.339 e. The Morgan fingerprint density at radius 3 is 2.31 bits per heavy atom. The van der Waals surface area contributed by atoms with Gasteiger partial charge in [-0.15, -0.1) is 0 Å². The van der Waals surface area contributed by atoms with Gasteiger partial charge in [0, 0.05) is 38.6 Å². The summed E-state index contributed by atoms with van der Waals surface area (Å²) in [6.45, 7) is 7.26. The van der Waals surface area contributed by atoms with Gasteiger partial charge in [-0.3, -0.25) is 4.79 Å². The van der Waals surface area contributed by atoms with Crippen molar-refractivity contribution >= 4 is 11.9 Å². The molecule has 1 N–H and O–H groups in total. The van der Waals surface area contributed by atoms with E-state index in [1.807, 2.05) is 9.80 Å². The van der Waals surface area contributed by atoms with E-state index in [4.69, 9.17) is 0 Å². The maximum atomic E-state index is 12.6. The van der Waals surface area contributed by atoms with Gasteiger partial charge in [0.1, 0.15) is 0 Å². The predicted octanol–water partition coefficient (Wildman–Crippen LogP) is 3.24. The Morgan fingerprint density at radius 2 is 1.65 bits per heavy atom. The molecule has 1 heterocycles. The van der Waals surface area contributed by atoms with Crippen molar-refractivity contribution in [3.63, 3.8) is 0 Å². The number of nitrogens with one attached hydrogen (secondary N) is 1. The van der Waals surface area contributed by atoms with Crippen molar-refractivity contribution < 1.29 is 9.59 Å². The lowest BCUT2D eigenvalue weighted by Crippen LogP contribution is -2.54. The fraction of sp³-hybridized carbons (Fsp3) is 0.619. The molecule has 2 fully saturated rings. The number of hydrogen-bond acceptors (Lipinski definition) is 2. The molecule has 0 atom stereocenters. The highest BCUT2D eigenvalue weighted by molar-refractivity contribution is 5.79. The number of nitrogens with zero attached hydrogens (tertiary/aromatic N) is 2. The zero-order valence-electron chi connectivity index (χ0n) is 16.1. The van der Waals surface area contributed by atoms with E-state index in [1.54, 1.807) is 0 Å². The third-order valence-electron chi connectivity index (χ3n) is 5.76. The van der Waals surface area contributed by atoms with E-state index in [1.165, 1.54) is 30.4 Å². The van der Waals surface area contributed by atoms with Crippen LogP contribution in [-0.2, 0) is 11.3 Å². The molecule has 1 aromatic carbocycles. The zero-order chi connectivity index (χ0) is 18.5. The monoisotopic (exact) mass is 357 g/mol. The molecule has 3 rings (SSSR count). The maximum Gasteiger partial charge on any atom is 0.317 e. The number of hydrogen-bond donors (Lipinski definition) is 1. The first-order valence-electron chi connectivity index (χ1n) is 9.92. The largest absolute Gasteiger partial charge is 0.339 e. The van der Waals surface area contributed by atoms with Gasteiger partial charge in [-0.25, -0.2) is 4.79 Å². The van der Waals surface area contributed by atoms with Crippen LogP contribution in [0.25, 0.3) is 0 Å². The fourth-order valence-corrected chi connectivity index (χ4v) is 4.06. The van der Waals surface area contributed by atoms with Crippen LogP contribution in [0.3, 0.4) is 0 Å². The van der Waals surface area contributed by atoms with Crippen molar-refractivity contribution in [3.05, 3.63) is 34.9 Å². The van der Waals surface area contributed by atoms with E-state index in [9.17, 15) is 9.59 Å². The fourth-order valence-electron chi connectivity index (χ4n) is 4.06. The molecule has 1 saturated carbocycles. The number of piperazine rings is 1. The summed E-state index contributed by atoms with van der Waals surface area (Å²) >= 11 is 0. The minimum atomic E-state index is -0.0326. The summed E-state index contributed by atoms with van der Waals surface area (Å²) in [5.41, 5.74) is 3.58. The number of benzene rings is 1. The Hall–Kier alpha value is -2.04. The van der Waals surface area contributed by atoms with E-state index in [-0.39, 0.29) is 11.9 Å². The Bertz CT molecular complexity index is 645. The van der Waals surface area contributed by atoms with Crippen molar-refractivity contribution in [1.82, 2.24) is 15.1 Å². The average molecular weight is 357 g/mol.